The molecule has 4 aliphatic rings. The summed E-state index contributed by atoms with van der Waals surface area (Å²) in [5.41, 5.74) is 5.42. The van der Waals surface area contributed by atoms with Crippen LogP contribution in [0.15, 0.2) is 0 Å². The van der Waals surface area contributed by atoms with Gasteiger partial charge in [-0.15, -0.1) is 0 Å². The molecule has 4 fully saturated rings. The number of carboxylic acid groups (broad SMARTS) is 2. The number of carboxylic acids is 2. The van der Waals surface area contributed by atoms with E-state index >= 15 is 0 Å². The molecule has 0 radical (unpaired) electrons. The second-order valence-corrected chi connectivity index (χ2v) is 21.0. The number of carbonyl (C=O) groups excluding carboxylic acids is 2. The van der Waals surface area contributed by atoms with E-state index in [0.29, 0.717) is 12.8 Å². The number of hydrogen-bond acceptors (Lipinski definition) is 37. The number of nitrogens with one attached hydrogen (secondary N) is 2. The van der Waals surface area contributed by atoms with Gasteiger partial charge in [-0.1, -0.05) is 0 Å². The number of aliphatic carboxylic acids is 2. The van der Waals surface area contributed by atoms with Gasteiger partial charge < -0.3 is 117 Å². The number of hydrogen-bond donors (Lipinski definition) is 9. The molecule has 0 saturated carbocycles. The molecule has 0 unspecified atom stereocenters. The molecule has 4 rings (SSSR count). The maximum atomic E-state index is 12.7. The molecule has 0 aliphatic carbocycles. The third kappa shape index (κ3) is 28.7. The molecule has 10 N–H and O–H groups in total. The van der Waals surface area contributed by atoms with Crippen molar-refractivity contribution in [3.8, 4) is 0 Å². The Hall–Kier alpha value is 4.69. The summed E-state index contributed by atoms with van der Waals surface area (Å²) in [5, 5.41) is 89.3. The quantitative estimate of drug-likeness (QED) is 0.0168. The fourth-order valence-electron chi connectivity index (χ4n) is 7.35. The van der Waals surface area contributed by atoms with Crippen molar-refractivity contribution in [3.05, 3.63) is 0 Å². The van der Waals surface area contributed by atoms with Crippen molar-refractivity contribution in [2.75, 3.05) is 26.4 Å². The van der Waals surface area contributed by atoms with Crippen molar-refractivity contribution < 1.29 is 373 Å². The van der Waals surface area contributed by atoms with E-state index in [1.807, 2.05) is 0 Å². The minimum Gasteiger partial charge on any atom is -0.735 e. The van der Waals surface area contributed by atoms with Gasteiger partial charge in [-0.3, -0.25) is 12.5 Å². The molecule has 0 spiro atoms. The first-order chi connectivity index (χ1) is 33.4. The summed E-state index contributed by atoms with van der Waals surface area (Å²) in [4.78, 5) is 24.2. The Morgan fingerprint density at radius 2 is 0.875 bits per heavy atom. The van der Waals surface area contributed by atoms with E-state index in [9.17, 15) is 115 Å². The van der Waals surface area contributed by atoms with Crippen LogP contribution in [0.5, 0.6) is 0 Å². The van der Waals surface area contributed by atoms with Crippen LogP contribution >= 0.6 is 0 Å². The van der Waals surface area contributed by atoms with Crippen LogP contribution in [0.4, 0.5) is 0 Å². The normalized spacial score (nSPS) is 34.9. The van der Waals surface area contributed by atoms with Crippen molar-refractivity contribution >= 4 is 63.7 Å². The minimum atomic E-state index is -6.28. The Morgan fingerprint density at radius 3 is 1.29 bits per heavy atom. The number of unbranched alkanes of at least 4 members (excludes halogenated alkanes) is 2. The van der Waals surface area contributed by atoms with E-state index in [0.717, 1.165) is 4.72 Å². The van der Waals surface area contributed by atoms with E-state index in [2.05, 4.69) is 12.5 Å². The standard InChI is InChI=1S/C29H51N3O36S5.7Na/c30-4-2-1-3-5-58-26-10(31-69(43,44)45)12(33)19(8(61-26)6-59-71(49,50)51)64-29-22(68-73(55,56)57)17(38)20(23(67-29)25(41)42)65-27-11(32-70(46,47)48)13(34)18(9(62-27)7-60-72(52,53)54)63-28-16(37)14(35)15(36)21(66-28)24(39)40;;;;;;;/h8-23,26-29,31-38H,1-7,30H2,(H,39,40)(H,41,42)(H,43,44,45)(H,46,47,48)(H,49,50,51)(H,52,53,54)(H,55,56,57);;;;;;;/q;7*+1/p-7/t8-,9-,10-,11-,12-,13-,14+,15+,16-,17+,18-,19-,20+,21+,22-,23-,26+,27-,28-,29-;;;;;;;/m1......./s1. The van der Waals surface area contributed by atoms with Gasteiger partial charge in [-0.05, 0) is 25.8 Å². The van der Waals surface area contributed by atoms with Gasteiger partial charge in [-0.2, -0.15) is 0 Å². The first-order valence-corrected chi connectivity index (χ1v) is 26.9. The van der Waals surface area contributed by atoms with Crippen LogP contribution in [0.2, 0.25) is 0 Å². The molecule has 39 nitrogen and oxygen atoms in total. The molecular formula is C29H44N3Na7O36S5. The van der Waals surface area contributed by atoms with Crippen LogP contribution in [0, 0.1) is 0 Å². The largest absolute Gasteiger partial charge is 1.00 e. The predicted molar refractivity (Wildman–Crippen MR) is 203 cm³/mol. The van der Waals surface area contributed by atoms with E-state index < -0.39 is 200 Å². The van der Waals surface area contributed by atoms with Crippen molar-refractivity contribution in [1.29, 1.82) is 0 Å². The van der Waals surface area contributed by atoms with Gasteiger partial charge in [0.05, 0.1) is 25.2 Å². The molecule has 20 atom stereocenters. The topological polar surface area (TPSA) is 639 Å². The number of ether oxygens (including phenoxy) is 8. The van der Waals surface area contributed by atoms with Gasteiger partial charge in [0, 0.05) is 6.61 Å². The molecule has 80 heavy (non-hydrogen) atoms. The number of aliphatic hydroxyl groups excluding tert-OH is 6. The number of nitrogens with two attached hydrogens (primary N) is 1. The SMILES string of the molecule is NCCCCCO[C@H]1O[C@H](COS(=O)(=O)[O-])[C@@H](O[C@@H]2O[C@@H](C(=O)[O-])[C@@H](O[C@H]3O[C@H](COS(=O)(=O)[O-])[C@@H](O[C@@H]4O[C@H](C(=O)[O-])[C@@H](O)[C@H](O)[C@H]4O)[C@H](O)[C@H]3NS(=O)(=O)[O-])[C@H](O)[C@H]2OS(=O)(=O)[O-])[C@H](O)[C@H]1NS(=O)(=O)[O-].[Na+].[Na+].[Na+].[Na+].[Na+].[Na+].[Na+]. The summed E-state index contributed by atoms with van der Waals surface area (Å²) >= 11 is 0. The molecule has 0 aromatic carbocycles. The van der Waals surface area contributed by atoms with E-state index in [4.69, 9.17) is 43.6 Å². The molecule has 51 heteroatoms. The van der Waals surface area contributed by atoms with Crippen LogP contribution in [0.3, 0.4) is 0 Å². The smallest absolute Gasteiger partial charge is 0.735 e. The van der Waals surface area contributed by atoms with Crippen molar-refractivity contribution in [1.82, 2.24) is 9.44 Å². The molecule has 4 heterocycles. The van der Waals surface area contributed by atoms with Crippen LogP contribution in [0.1, 0.15) is 19.3 Å². The van der Waals surface area contributed by atoms with Gasteiger partial charge in [0.25, 0.3) is 0 Å². The zero-order chi connectivity index (χ0) is 55.3. The summed E-state index contributed by atoms with van der Waals surface area (Å²) < 4.78 is 234. The molecular weight excluding hydrogens is 1290 g/mol. The summed E-state index contributed by atoms with van der Waals surface area (Å²) in [6, 6.07) is -5.21. The maximum absolute atomic E-state index is 12.7. The van der Waals surface area contributed by atoms with Crippen LogP contribution < -0.4 is 232 Å². The summed E-state index contributed by atoms with van der Waals surface area (Å²) in [6.07, 6.45) is -48.1. The van der Waals surface area contributed by atoms with Gasteiger partial charge in [0.2, 0.25) is 31.2 Å². The number of carbonyl (C=O) groups is 2. The molecule has 0 amide bonds. The van der Waals surface area contributed by atoms with Crippen molar-refractivity contribution in [2.45, 2.75) is 142 Å². The minimum absolute atomic E-state index is 0. The Morgan fingerprint density at radius 1 is 0.463 bits per heavy atom. The average Bonchev–Trinajstić information content (AvgIpc) is 3.23. The van der Waals surface area contributed by atoms with E-state index in [-0.39, 0.29) is 226 Å². The first kappa shape index (κ1) is 91.1. The first-order valence-electron chi connectivity index (χ1n) is 20.1. The molecule has 0 aromatic rings. The Labute approximate surface area is 610 Å². The van der Waals surface area contributed by atoms with Crippen LogP contribution in [-0.2, 0) is 112 Å². The predicted octanol–water partition coefficient (Wildman–Crippen LogP) is -35.5. The van der Waals surface area contributed by atoms with E-state index in [1.54, 1.807) is 0 Å². The summed E-state index contributed by atoms with van der Waals surface area (Å²) in [7, 11) is -29.6. The summed E-state index contributed by atoms with van der Waals surface area (Å²) in [5.74, 6) is -4.90. The zero-order valence-electron chi connectivity index (χ0n) is 43.0. The van der Waals surface area contributed by atoms with Crippen molar-refractivity contribution in [2.24, 2.45) is 5.73 Å². The molecule has 4 aliphatic heterocycles. The maximum Gasteiger partial charge on any atom is 1.00 e. The van der Waals surface area contributed by atoms with Gasteiger partial charge in [0.1, 0.15) is 91.4 Å². The Balaban J connectivity index is -0.00000413. The monoisotopic (exact) mass is 1330 g/mol. The van der Waals surface area contributed by atoms with Crippen LogP contribution in [0.25, 0.3) is 0 Å². The van der Waals surface area contributed by atoms with Gasteiger partial charge in [0.15, 0.2) is 51.9 Å². The number of aliphatic hydroxyl groups is 6. The fraction of sp³-hybridized carbons (Fsp3) is 0.931. The molecule has 0 bridgehead atoms. The third-order valence-corrected chi connectivity index (χ3v) is 12.9. The van der Waals surface area contributed by atoms with Gasteiger partial charge in [-0.25, -0.2) is 51.5 Å². The Bertz CT molecular complexity index is 2470. The fourth-order valence-corrected chi connectivity index (χ4v) is 9.59. The Kier molecular flexibility index (Phi) is 44.7. The molecule has 0 aromatic heterocycles. The third-order valence-electron chi connectivity index (χ3n) is 10.4. The van der Waals surface area contributed by atoms with Gasteiger partial charge >= 0.3 is 207 Å². The van der Waals surface area contributed by atoms with Crippen molar-refractivity contribution in [3.63, 3.8) is 0 Å². The second-order valence-electron chi connectivity index (χ2n) is 15.6. The zero-order valence-corrected chi connectivity index (χ0v) is 61.1. The van der Waals surface area contributed by atoms with Crippen LogP contribution in [-0.4, -0.2) is 256 Å². The average molecular weight is 1330 g/mol. The number of rotatable bonds is 26. The second kappa shape index (κ2) is 39.3. The summed E-state index contributed by atoms with van der Waals surface area (Å²) in [6.45, 7) is -3.48. The molecule has 4 saturated heterocycles. The van der Waals surface area contributed by atoms with E-state index in [1.165, 1.54) is 4.72 Å². The molecule has 428 valence electrons.